The molecule has 0 bridgehead atoms. The van der Waals surface area contributed by atoms with E-state index in [0.29, 0.717) is 24.1 Å². The summed E-state index contributed by atoms with van der Waals surface area (Å²) < 4.78 is 34.0. The number of esters is 1. The molecular formula is C34H66NO7P. The number of hydrogen-bond donors (Lipinski definition) is 0. The van der Waals surface area contributed by atoms with Crippen LogP contribution in [-0.4, -0.2) is 70.7 Å². The van der Waals surface area contributed by atoms with Gasteiger partial charge in [-0.15, -0.1) is 0 Å². The van der Waals surface area contributed by atoms with E-state index in [2.05, 4.69) is 38.2 Å². The number of phosphoric acid groups is 1. The molecule has 0 fully saturated rings. The van der Waals surface area contributed by atoms with Crippen LogP contribution in [-0.2, 0) is 27.9 Å². The molecule has 0 aliphatic heterocycles. The first-order valence-corrected chi connectivity index (χ1v) is 18.5. The first-order valence-electron chi connectivity index (χ1n) is 17.1. The summed E-state index contributed by atoms with van der Waals surface area (Å²) >= 11 is 0. The maximum atomic E-state index is 12.2. The number of ether oxygens (including phenoxy) is 2. The van der Waals surface area contributed by atoms with Crippen molar-refractivity contribution in [3.05, 3.63) is 24.3 Å². The summed E-state index contributed by atoms with van der Waals surface area (Å²) in [7, 11) is 1.35. The second-order valence-corrected chi connectivity index (χ2v) is 13.9. The highest BCUT2D eigenvalue weighted by atomic mass is 31.2. The quantitative estimate of drug-likeness (QED) is 0.0250. The van der Waals surface area contributed by atoms with Gasteiger partial charge < -0.3 is 27.9 Å². The zero-order valence-electron chi connectivity index (χ0n) is 28.4. The summed E-state index contributed by atoms with van der Waals surface area (Å²) in [5, 5.41) is 0. The molecule has 0 rings (SSSR count). The number of phosphoric ester groups is 1. The Morgan fingerprint density at radius 1 is 0.721 bits per heavy atom. The van der Waals surface area contributed by atoms with Crippen LogP contribution in [0, 0.1) is 0 Å². The van der Waals surface area contributed by atoms with Crippen molar-refractivity contribution in [2.75, 3.05) is 54.1 Å². The van der Waals surface area contributed by atoms with Gasteiger partial charge in [-0.1, -0.05) is 102 Å². The number of carbonyl (C=O) groups excluding carboxylic acids is 1. The fourth-order valence-corrected chi connectivity index (χ4v) is 5.01. The maximum absolute atomic E-state index is 12.2. The Morgan fingerprint density at radius 3 is 1.88 bits per heavy atom. The Balaban J connectivity index is 4.03. The minimum atomic E-state index is -4.49. The van der Waals surface area contributed by atoms with E-state index in [1.165, 1.54) is 70.6 Å². The van der Waals surface area contributed by atoms with Gasteiger partial charge in [-0.3, -0.25) is 9.36 Å². The number of rotatable bonds is 31. The number of nitrogens with zero attached hydrogens (tertiary/aromatic N) is 1. The standard InChI is InChI=1S/C34H66NO7P/c1-6-8-10-11-12-13-14-15-16-17-18-19-20-21-22-23-24-26-29-39-31-33(42-34(36)27-25-9-7-2)32-41-43(37,38)40-30-28-35(3,4)5/h12-13,15-16,33H,6-11,14,17-32H2,1-5H3/b13-12-,16-15-. The largest absolute Gasteiger partial charge is 0.756 e. The summed E-state index contributed by atoms with van der Waals surface area (Å²) in [5.41, 5.74) is 0. The van der Waals surface area contributed by atoms with Crippen molar-refractivity contribution < 1.29 is 37.3 Å². The Kier molecular flexibility index (Phi) is 27.8. The molecule has 0 aromatic rings. The third kappa shape index (κ3) is 32.2. The fourth-order valence-electron chi connectivity index (χ4n) is 4.28. The van der Waals surface area contributed by atoms with Crippen molar-refractivity contribution in [1.29, 1.82) is 0 Å². The molecule has 8 nitrogen and oxygen atoms in total. The van der Waals surface area contributed by atoms with Crippen molar-refractivity contribution in [3.63, 3.8) is 0 Å². The number of quaternary nitrogens is 1. The molecule has 0 N–H and O–H groups in total. The van der Waals surface area contributed by atoms with Crippen molar-refractivity contribution in [2.45, 2.75) is 136 Å². The van der Waals surface area contributed by atoms with Gasteiger partial charge in [0.1, 0.15) is 19.3 Å². The highest BCUT2D eigenvalue weighted by molar-refractivity contribution is 7.45. The molecular weight excluding hydrogens is 565 g/mol. The summed E-state index contributed by atoms with van der Waals surface area (Å²) in [6.07, 6.45) is 28.3. The Hall–Kier alpha value is -1.02. The van der Waals surface area contributed by atoms with Crippen LogP contribution in [0.1, 0.15) is 129 Å². The zero-order valence-corrected chi connectivity index (χ0v) is 29.3. The van der Waals surface area contributed by atoms with Crippen LogP contribution < -0.4 is 4.89 Å². The van der Waals surface area contributed by atoms with Gasteiger partial charge in [0, 0.05) is 13.0 Å². The average molecular weight is 632 g/mol. The molecule has 43 heavy (non-hydrogen) atoms. The monoisotopic (exact) mass is 631 g/mol. The third-order valence-electron chi connectivity index (χ3n) is 7.01. The molecule has 0 amide bonds. The second-order valence-electron chi connectivity index (χ2n) is 12.5. The molecule has 0 saturated heterocycles. The first kappa shape index (κ1) is 42.0. The van der Waals surface area contributed by atoms with Crippen LogP contribution in [0.25, 0.3) is 0 Å². The van der Waals surface area contributed by atoms with E-state index in [0.717, 1.165) is 38.5 Å². The average Bonchev–Trinajstić information content (AvgIpc) is 2.94. The lowest BCUT2D eigenvalue weighted by molar-refractivity contribution is -0.870. The van der Waals surface area contributed by atoms with Crippen LogP contribution in [0.3, 0.4) is 0 Å². The molecule has 0 aromatic carbocycles. The van der Waals surface area contributed by atoms with E-state index < -0.39 is 13.9 Å². The summed E-state index contributed by atoms with van der Waals surface area (Å²) in [5.74, 6) is -0.362. The molecule has 0 radical (unpaired) electrons. The van der Waals surface area contributed by atoms with E-state index in [4.69, 9.17) is 18.5 Å². The maximum Gasteiger partial charge on any atom is 0.306 e. The normalized spacial score (nSPS) is 14.5. The van der Waals surface area contributed by atoms with Gasteiger partial charge in [-0.25, -0.2) is 0 Å². The van der Waals surface area contributed by atoms with Crippen LogP contribution in [0.4, 0.5) is 0 Å². The molecule has 0 saturated carbocycles. The van der Waals surface area contributed by atoms with Gasteiger partial charge in [-0.2, -0.15) is 0 Å². The smallest absolute Gasteiger partial charge is 0.306 e. The third-order valence-corrected chi connectivity index (χ3v) is 7.97. The van der Waals surface area contributed by atoms with Crippen LogP contribution in [0.2, 0.25) is 0 Å². The predicted octanol–water partition coefficient (Wildman–Crippen LogP) is 8.30. The minimum absolute atomic E-state index is 0.0248. The second kappa shape index (κ2) is 28.5. The topological polar surface area (TPSA) is 94.1 Å². The van der Waals surface area contributed by atoms with Crippen LogP contribution in [0.5, 0.6) is 0 Å². The van der Waals surface area contributed by atoms with E-state index in [9.17, 15) is 14.3 Å². The van der Waals surface area contributed by atoms with Crippen molar-refractivity contribution in [2.24, 2.45) is 0 Å². The van der Waals surface area contributed by atoms with Crippen LogP contribution >= 0.6 is 7.82 Å². The van der Waals surface area contributed by atoms with E-state index in [1.54, 1.807) is 0 Å². The molecule has 0 spiro atoms. The Morgan fingerprint density at radius 2 is 1.28 bits per heavy atom. The Bertz CT molecular complexity index is 752. The van der Waals surface area contributed by atoms with Gasteiger partial charge in [0.2, 0.25) is 0 Å². The fraction of sp³-hybridized carbons (Fsp3) is 0.853. The highest BCUT2D eigenvalue weighted by Gasteiger charge is 2.20. The van der Waals surface area contributed by atoms with E-state index >= 15 is 0 Å². The lowest BCUT2D eigenvalue weighted by Gasteiger charge is -2.28. The molecule has 9 heteroatoms. The van der Waals surface area contributed by atoms with Gasteiger partial charge in [-0.05, 0) is 44.9 Å². The number of unbranched alkanes of at least 4 members (excludes halogenated alkanes) is 13. The van der Waals surface area contributed by atoms with Gasteiger partial charge in [0.15, 0.2) is 0 Å². The number of likely N-dealkylation sites (N-methyl/N-ethyl adjacent to an activating group) is 1. The van der Waals surface area contributed by atoms with Crippen LogP contribution in [0.15, 0.2) is 24.3 Å². The van der Waals surface area contributed by atoms with Gasteiger partial charge in [0.05, 0.1) is 34.4 Å². The molecule has 2 atom stereocenters. The number of hydrogen-bond acceptors (Lipinski definition) is 7. The van der Waals surface area contributed by atoms with Gasteiger partial charge in [0.25, 0.3) is 7.82 Å². The van der Waals surface area contributed by atoms with E-state index in [-0.39, 0.29) is 25.8 Å². The summed E-state index contributed by atoms with van der Waals surface area (Å²) in [6.45, 7) is 5.18. The summed E-state index contributed by atoms with van der Waals surface area (Å²) in [4.78, 5) is 24.4. The van der Waals surface area contributed by atoms with Crippen molar-refractivity contribution in [3.8, 4) is 0 Å². The molecule has 0 aliphatic rings. The minimum Gasteiger partial charge on any atom is -0.756 e. The van der Waals surface area contributed by atoms with Crippen molar-refractivity contribution in [1.82, 2.24) is 0 Å². The van der Waals surface area contributed by atoms with E-state index in [1.807, 2.05) is 21.1 Å². The predicted molar refractivity (Wildman–Crippen MR) is 176 cm³/mol. The zero-order chi connectivity index (χ0) is 32.1. The first-order chi connectivity index (χ1) is 20.6. The molecule has 254 valence electrons. The van der Waals surface area contributed by atoms with Gasteiger partial charge >= 0.3 is 5.97 Å². The lowest BCUT2D eigenvalue weighted by Crippen LogP contribution is -2.37. The molecule has 0 heterocycles. The highest BCUT2D eigenvalue weighted by Crippen LogP contribution is 2.38. The Labute approximate surface area is 264 Å². The molecule has 0 aromatic heterocycles. The summed E-state index contributed by atoms with van der Waals surface area (Å²) in [6, 6.07) is 0. The van der Waals surface area contributed by atoms with Crippen molar-refractivity contribution >= 4 is 13.8 Å². The SMILES string of the molecule is CCCCC/C=C\C/C=C\CCCCCCCCCCOCC(COP(=O)([O-])OCC[N+](C)(C)C)OC(=O)CCCCC. The lowest BCUT2D eigenvalue weighted by atomic mass is 10.1. The molecule has 0 aliphatic carbocycles. The number of allylic oxidation sites excluding steroid dienone is 4. The molecule has 2 unspecified atom stereocenters. The number of carbonyl (C=O) groups is 1.